The summed E-state index contributed by atoms with van der Waals surface area (Å²) in [6, 6.07) is 1.76. The Morgan fingerprint density at radius 2 is 2.00 bits per heavy atom. The maximum Gasteiger partial charge on any atom is 0.0224 e. The Kier molecular flexibility index (Phi) is 3.45. The normalized spacial score (nSPS) is 28.7. The first kappa shape index (κ1) is 10.4. The number of rotatable bonds is 4. The standard InChI is InChI=1S/C12H24N2/c1-10(2)9-14(11-5-6-11)12-4-3-7-13-8-12/h10-13H,3-9H2,1-2H3. The van der Waals surface area contributed by atoms with E-state index in [9.17, 15) is 0 Å². The minimum absolute atomic E-state index is 0.817. The molecule has 2 aliphatic rings. The van der Waals surface area contributed by atoms with Gasteiger partial charge in [0.15, 0.2) is 0 Å². The number of piperidine rings is 1. The van der Waals surface area contributed by atoms with Crippen LogP contribution in [0.25, 0.3) is 0 Å². The minimum Gasteiger partial charge on any atom is -0.315 e. The van der Waals surface area contributed by atoms with E-state index in [-0.39, 0.29) is 0 Å². The summed E-state index contributed by atoms with van der Waals surface area (Å²) >= 11 is 0. The van der Waals surface area contributed by atoms with Crippen LogP contribution in [-0.2, 0) is 0 Å². The molecule has 0 aromatic rings. The summed E-state index contributed by atoms with van der Waals surface area (Å²) in [7, 11) is 0. The van der Waals surface area contributed by atoms with Crippen molar-refractivity contribution in [2.75, 3.05) is 19.6 Å². The van der Waals surface area contributed by atoms with Crippen LogP contribution in [0, 0.1) is 5.92 Å². The molecule has 2 fully saturated rings. The summed E-state index contributed by atoms with van der Waals surface area (Å²) in [5.74, 6) is 0.817. The fourth-order valence-corrected chi connectivity index (χ4v) is 2.54. The molecular weight excluding hydrogens is 172 g/mol. The molecule has 82 valence electrons. The highest BCUT2D eigenvalue weighted by Crippen LogP contribution is 2.30. The van der Waals surface area contributed by atoms with Crippen LogP contribution in [0.5, 0.6) is 0 Å². The van der Waals surface area contributed by atoms with Crippen molar-refractivity contribution >= 4 is 0 Å². The molecule has 2 nitrogen and oxygen atoms in total. The summed E-state index contributed by atoms with van der Waals surface area (Å²) in [5.41, 5.74) is 0. The molecule has 0 aromatic carbocycles. The maximum absolute atomic E-state index is 3.53. The Labute approximate surface area is 88.1 Å². The van der Waals surface area contributed by atoms with Crippen LogP contribution in [0.1, 0.15) is 39.5 Å². The number of hydrogen-bond acceptors (Lipinski definition) is 2. The van der Waals surface area contributed by atoms with Gasteiger partial charge in [0, 0.05) is 25.2 Å². The lowest BCUT2D eigenvalue weighted by Crippen LogP contribution is -2.48. The van der Waals surface area contributed by atoms with Gasteiger partial charge in [0.2, 0.25) is 0 Å². The van der Waals surface area contributed by atoms with Crippen molar-refractivity contribution in [1.82, 2.24) is 10.2 Å². The highest BCUT2D eigenvalue weighted by atomic mass is 15.2. The number of nitrogens with zero attached hydrogens (tertiary/aromatic N) is 1. The molecule has 1 atom stereocenters. The Morgan fingerprint density at radius 1 is 1.21 bits per heavy atom. The molecule has 0 spiro atoms. The summed E-state index contributed by atoms with van der Waals surface area (Å²) in [6.07, 6.45) is 5.68. The van der Waals surface area contributed by atoms with E-state index >= 15 is 0 Å². The average Bonchev–Trinajstić information content (AvgIpc) is 2.99. The van der Waals surface area contributed by atoms with E-state index in [2.05, 4.69) is 24.1 Å². The van der Waals surface area contributed by atoms with Crippen molar-refractivity contribution in [3.05, 3.63) is 0 Å². The van der Waals surface area contributed by atoms with Crippen LogP contribution in [0.2, 0.25) is 0 Å². The molecule has 1 aliphatic carbocycles. The first-order valence-electron chi connectivity index (χ1n) is 6.24. The molecule has 1 saturated carbocycles. The topological polar surface area (TPSA) is 15.3 Å². The summed E-state index contributed by atoms with van der Waals surface area (Å²) in [5, 5.41) is 3.53. The van der Waals surface area contributed by atoms with Gasteiger partial charge in [0.1, 0.15) is 0 Å². The fraction of sp³-hybridized carbons (Fsp3) is 1.00. The highest BCUT2D eigenvalue weighted by Gasteiger charge is 2.34. The molecule has 0 bridgehead atoms. The Hall–Kier alpha value is -0.0800. The van der Waals surface area contributed by atoms with Gasteiger partial charge in [-0.3, -0.25) is 4.90 Å². The van der Waals surface area contributed by atoms with Gasteiger partial charge < -0.3 is 5.32 Å². The van der Waals surface area contributed by atoms with Crippen molar-refractivity contribution in [3.63, 3.8) is 0 Å². The minimum atomic E-state index is 0.817. The SMILES string of the molecule is CC(C)CN(C1CC1)C1CCCNC1. The smallest absolute Gasteiger partial charge is 0.0224 e. The van der Waals surface area contributed by atoms with Crippen LogP contribution in [0.15, 0.2) is 0 Å². The fourth-order valence-electron chi connectivity index (χ4n) is 2.54. The van der Waals surface area contributed by atoms with E-state index in [1.165, 1.54) is 45.3 Å². The zero-order valence-corrected chi connectivity index (χ0v) is 9.63. The largest absolute Gasteiger partial charge is 0.315 e. The second kappa shape index (κ2) is 4.63. The van der Waals surface area contributed by atoms with E-state index in [4.69, 9.17) is 0 Å². The van der Waals surface area contributed by atoms with Gasteiger partial charge in [-0.15, -0.1) is 0 Å². The van der Waals surface area contributed by atoms with Gasteiger partial charge in [-0.25, -0.2) is 0 Å². The van der Waals surface area contributed by atoms with Gasteiger partial charge in [-0.1, -0.05) is 13.8 Å². The molecule has 14 heavy (non-hydrogen) atoms. The second-order valence-corrected chi connectivity index (χ2v) is 5.32. The van der Waals surface area contributed by atoms with Gasteiger partial charge in [0.05, 0.1) is 0 Å². The molecule has 1 unspecified atom stereocenters. The third kappa shape index (κ3) is 2.71. The van der Waals surface area contributed by atoms with E-state index in [1.54, 1.807) is 0 Å². The van der Waals surface area contributed by atoms with Gasteiger partial charge in [-0.05, 0) is 38.1 Å². The van der Waals surface area contributed by atoms with Gasteiger partial charge in [0.25, 0.3) is 0 Å². The van der Waals surface area contributed by atoms with Crippen LogP contribution in [0.3, 0.4) is 0 Å². The lowest BCUT2D eigenvalue weighted by atomic mass is 10.0. The zero-order valence-electron chi connectivity index (χ0n) is 9.63. The van der Waals surface area contributed by atoms with Gasteiger partial charge in [-0.2, -0.15) is 0 Å². The lowest BCUT2D eigenvalue weighted by Gasteiger charge is -2.36. The monoisotopic (exact) mass is 196 g/mol. The molecule has 1 heterocycles. The van der Waals surface area contributed by atoms with E-state index < -0.39 is 0 Å². The number of nitrogens with one attached hydrogen (secondary N) is 1. The van der Waals surface area contributed by atoms with E-state index in [0.29, 0.717) is 0 Å². The third-order valence-corrected chi connectivity index (χ3v) is 3.33. The Balaban J connectivity index is 1.87. The second-order valence-electron chi connectivity index (χ2n) is 5.32. The van der Waals surface area contributed by atoms with Crippen molar-refractivity contribution in [2.24, 2.45) is 5.92 Å². The predicted octanol–water partition coefficient (Wildman–Crippen LogP) is 1.86. The van der Waals surface area contributed by atoms with Crippen LogP contribution < -0.4 is 5.32 Å². The Morgan fingerprint density at radius 3 is 2.50 bits per heavy atom. The van der Waals surface area contributed by atoms with Crippen molar-refractivity contribution < 1.29 is 0 Å². The van der Waals surface area contributed by atoms with Crippen molar-refractivity contribution in [3.8, 4) is 0 Å². The van der Waals surface area contributed by atoms with Crippen molar-refractivity contribution in [1.29, 1.82) is 0 Å². The lowest BCUT2D eigenvalue weighted by molar-refractivity contribution is 0.140. The first-order valence-corrected chi connectivity index (χ1v) is 6.24. The number of hydrogen-bond donors (Lipinski definition) is 1. The zero-order chi connectivity index (χ0) is 9.97. The Bertz CT molecular complexity index is 169. The third-order valence-electron chi connectivity index (χ3n) is 3.33. The molecule has 0 aromatic heterocycles. The molecule has 1 saturated heterocycles. The van der Waals surface area contributed by atoms with Crippen molar-refractivity contribution in [2.45, 2.75) is 51.6 Å². The molecule has 1 aliphatic heterocycles. The quantitative estimate of drug-likeness (QED) is 0.738. The van der Waals surface area contributed by atoms with Crippen LogP contribution in [-0.4, -0.2) is 36.6 Å². The molecular formula is C12H24N2. The first-order chi connectivity index (χ1) is 6.77. The molecule has 0 amide bonds. The molecule has 1 N–H and O–H groups in total. The maximum atomic E-state index is 3.53. The summed E-state index contributed by atoms with van der Waals surface area (Å²) < 4.78 is 0. The predicted molar refractivity (Wildman–Crippen MR) is 60.5 cm³/mol. The summed E-state index contributed by atoms with van der Waals surface area (Å²) in [4.78, 5) is 2.77. The van der Waals surface area contributed by atoms with Gasteiger partial charge >= 0.3 is 0 Å². The molecule has 2 heteroatoms. The summed E-state index contributed by atoms with van der Waals surface area (Å²) in [6.45, 7) is 8.44. The van der Waals surface area contributed by atoms with Crippen LogP contribution >= 0.6 is 0 Å². The molecule has 0 radical (unpaired) electrons. The molecule has 2 rings (SSSR count). The van der Waals surface area contributed by atoms with E-state index in [0.717, 1.165) is 18.0 Å². The van der Waals surface area contributed by atoms with E-state index in [1.807, 2.05) is 0 Å². The average molecular weight is 196 g/mol. The highest BCUT2D eigenvalue weighted by molar-refractivity contribution is 4.91. The van der Waals surface area contributed by atoms with Crippen LogP contribution in [0.4, 0.5) is 0 Å².